The van der Waals surface area contributed by atoms with E-state index in [0.717, 1.165) is 29.5 Å². The van der Waals surface area contributed by atoms with Crippen LogP contribution >= 0.6 is 23.1 Å². The van der Waals surface area contributed by atoms with Crippen molar-refractivity contribution in [1.29, 1.82) is 0 Å². The van der Waals surface area contributed by atoms with Gasteiger partial charge in [-0.15, -0.1) is 11.3 Å². The van der Waals surface area contributed by atoms with Crippen molar-refractivity contribution < 1.29 is 5.11 Å². The summed E-state index contributed by atoms with van der Waals surface area (Å²) in [5.41, 5.74) is 5.04. The van der Waals surface area contributed by atoms with E-state index in [9.17, 15) is 5.11 Å². The van der Waals surface area contributed by atoms with Crippen molar-refractivity contribution in [2.45, 2.75) is 12.5 Å². The zero-order valence-corrected chi connectivity index (χ0v) is 12.1. The van der Waals surface area contributed by atoms with E-state index < -0.39 is 5.60 Å². The third kappa shape index (κ3) is 3.40. The first-order valence-corrected chi connectivity index (χ1v) is 8.02. The number of guanidine groups is 1. The molecule has 100 valence electrons. The van der Waals surface area contributed by atoms with Gasteiger partial charge in [-0.1, -0.05) is 6.07 Å². The molecule has 1 aliphatic rings. The van der Waals surface area contributed by atoms with E-state index in [2.05, 4.69) is 9.89 Å². The topological polar surface area (TPSA) is 61.9 Å². The van der Waals surface area contributed by atoms with E-state index in [0.29, 0.717) is 12.5 Å². The van der Waals surface area contributed by atoms with Gasteiger partial charge in [0.1, 0.15) is 5.60 Å². The number of aliphatic hydroxyl groups is 1. The highest BCUT2D eigenvalue weighted by Gasteiger charge is 2.24. The maximum absolute atomic E-state index is 10.3. The average Bonchev–Trinajstić information content (AvgIpc) is 2.92. The molecule has 0 radical (unpaired) electrons. The summed E-state index contributed by atoms with van der Waals surface area (Å²) < 4.78 is 0. The summed E-state index contributed by atoms with van der Waals surface area (Å²) >= 11 is 3.48. The molecule has 0 amide bonds. The molecule has 4 nitrogen and oxygen atoms in total. The highest BCUT2D eigenvalue weighted by atomic mass is 32.2. The molecule has 2 rings (SSSR count). The minimum atomic E-state index is -0.927. The molecular formula is C12H19N3OS2. The van der Waals surface area contributed by atoms with Crippen molar-refractivity contribution in [2.75, 3.05) is 31.1 Å². The summed E-state index contributed by atoms with van der Waals surface area (Å²) in [6, 6.07) is 3.86. The minimum Gasteiger partial charge on any atom is -0.383 e. The van der Waals surface area contributed by atoms with E-state index in [1.807, 2.05) is 29.3 Å². The second kappa shape index (κ2) is 5.95. The molecule has 6 heteroatoms. The van der Waals surface area contributed by atoms with Gasteiger partial charge in [0.05, 0.1) is 6.54 Å². The summed E-state index contributed by atoms with van der Waals surface area (Å²) in [4.78, 5) is 7.35. The molecule has 18 heavy (non-hydrogen) atoms. The Kier molecular flexibility index (Phi) is 4.53. The molecular weight excluding hydrogens is 266 g/mol. The summed E-state index contributed by atoms with van der Waals surface area (Å²) in [6.45, 7) is 3.98. The first-order chi connectivity index (χ1) is 8.59. The molecule has 1 fully saturated rings. The van der Waals surface area contributed by atoms with Gasteiger partial charge >= 0.3 is 0 Å². The molecule has 1 unspecified atom stereocenters. The lowest BCUT2D eigenvalue weighted by molar-refractivity contribution is 0.0709. The Morgan fingerprint density at radius 1 is 1.56 bits per heavy atom. The summed E-state index contributed by atoms with van der Waals surface area (Å²) in [6.07, 6.45) is 0. The Morgan fingerprint density at radius 2 is 2.28 bits per heavy atom. The fourth-order valence-electron chi connectivity index (χ4n) is 1.79. The van der Waals surface area contributed by atoms with E-state index in [-0.39, 0.29) is 0 Å². The molecule has 0 bridgehead atoms. The molecule has 1 aromatic rings. The van der Waals surface area contributed by atoms with Crippen LogP contribution < -0.4 is 5.73 Å². The third-order valence-corrected chi connectivity index (χ3v) is 5.00. The Hall–Kier alpha value is -0.720. The molecule has 1 aromatic heterocycles. The quantitative estimate of drug-likeness (QED) is 0.649. The second-order valence-corrected chi connectivity index (χ2v) is 6.70. The van der Waals surface area contributed by atoms with Gasteiger partial charge in [0.15, 0.2) is 5.96 Å². The monoisotopic (exact) mass is 285 g/mol. The number of hydrogen-bond donors (Lipinski definition) is 2. The molecule has 1 atom stereocenters. The smallest absolute Gasteiger partial charge is 0.191 e. The molecule has 2 heterocycles. The molecule has 1 saturated heterocycles. The van der Waals surface area contributed by atoms with Gasteiger partial charge in [-0.05, 0) is 18.4 Å². The van der Waals surface area contributed by atoms with Gasteiger partial charge in [0.2, 0.25) is 0 Å². The van der Waals surface area contributed by atoms with E-state index in [4.69, 9.17) is 5.73 Å². The van der Waals surface area contributed by atoms with Crippen LogP contribution in [0.5, 0.6) is 0 Å². The van der Waals surface area contributed by atoms with Gasteiger partial charge < -0.3 is 15.7 Å². The van der Waals surface area contributed by atoms with E-state index in [1.165, 1.54) is 0 Å². The van der Waals surface area contributed by atoms with Gasteiger partial charge in [-0.25, -0.2) is 4.99 Å². The second-order valence-electron chi connectivity index (χ2n) is 4.53. The minimum absolute atomic E-state index is 0.309. The lowest BCUT2D eigenvalue weighted by atomic mass is 10.1. The van der Waals surface area contributed by atoms with Crippen LogP contribution in [0.4, 0.5) is 0 Å². The Balaban J connectivity index is 1.96. The number of nitrogens with two attached hydrogens (primary N) is 1. The fraction of sp³-hybridized carbons (Fsp3) is 0.583. The van der Waals surface area contributed by atoms with Gasteiger partial charge in [0, 0.05) is 29.5 Å². The first-order valence-electron chi connectivity index (χ1n) is 5.98. The number of nitrogens with zero attached hydrogens (tertiary/aromatic N) is 2. The van der Waals surface area contributed by atoms with Crippen LogP contribution in [0, 0.1) is 0 Å². The standard InChI is InChI=1S/C12H19N3OS2/c1-12(16,10-3-2-6-18-10)9-14-11(13)15-4-7-17-8-5-15/h2-3,6,16H,4-5,7-9H2,1H3,(H2,13,14). The fourth-order valence-corrected chi connectivity index (χ4v) is 3.47. The number of rotatable bonds is 3. The lowest BCUT2D eigenvalue weighted by Gasteiger charge is -2.28. The van der Waals surface area contributed by atoms with Crippen LogP contribution in [0.2, 0.25) is 0 Å². The summed E-state index contributed by atoms with van der Waals surface area (Å²) in [5.74, 6) is 2.74. The van der Waals surface area contributed by atoms with Crippen LogP contribution in [0.1, 0.15) is 11.8 Å². The van der Waals surface area contributed by atoms with Crippen molar-refractivity contribution >= 4 is 29.1 Å². The largest absolute Gasteiger partial charge is 0.383 e. The normalized spacial score (nSPS) is 20.8. The van der Waals surface area contributed by atoms with Crippen LogP contribution in [-0.2, 0) is 5.60 Å². The van der Waals surface area contributed by atoms with Gasteiger partial charge in [-0.2, -0.15) is 11.8 Å². The van der Waals surface area contributed by atoms with Crippen LogP contribution in [0.3, 0.4) is 0 Å². The summed E-state index contributed by atoms with van der Waals surface area (Å²) in [5, 5.41) is 12.3. The molecule has 0 aliphatic carbocycles. The Bertz CT molecular complexity index is 397. The summed E-state index contributed by atoms with van der Waals surface area (Å²) in [7, 11) is 0. The first kappa shape index (κ1) is 13.7. The zero-order valence-electron chi connectivity index (χ0n) is 10.5. The maximum Gasteiger partial charge on any atom is 0.191 e. The maximum atomic E-state index is 10.3. The molecule has 3 N–H and O–H groups in total. The van der Waals surface area contributed by atoms with Crippen molar-refractivity contribution in [3.05, 3.63) is 22.4 Å². The van der Waals surface area contributed by atoms with Crippen molar-refractivity contribution in [2.24, 2.45) is 10.7 Å². The predicted octanol–water partition coefficient (Wildman–Crippen LogP) is 1.32. The van der Waals surface area contributed by atoms with Gasteiger partial charge in [0.25, 0.3) is 0 Å². The number of thiophene rings is 1. The third-order valence-electron chi connectivity index (χ3n) is 2.94. The lowest BCUT2D eigenvalue weighted by Crippen LogP contribution is -2.43. The Labute approximate surface area is 116 Å². The van der Waals surface area contributed by atoms with Gasteiger partial charge in [-0.3, -0.25) is 0 Å². The molecule has 0 aromatic carbocycles. The number of aliphatic imine (C=N–C) groups is 1. The SMILES string of the molecule is CC(O)(CN=C(N)N1CCSCC1)c1cccs1. The van der Waals surface area contributed by atoms with Crippen LogP contribution in [0.15, 0.2) is 22.5 Å². The highest BCUT2D eigenvalue weighted by molar-refractivity contribution is 7.99. The van der Waals surface area contributed by atoms with Crippen molar-refractivity contribution in [1.82, 2.24) is 4.90 Å². The van der Waals surface area contributed by atoms with Crippen molar-refractivity contribution in [3.8, 4) is 0 Å². The predicted molar refractivity (Wildman–Crippen MR) is 79.3 cm³/mol. The molecule has 1 aliphatic heterocycles. The Morgan fingerprint density at radius 3 is 2.89 bits per heavy atom. The van der Waals surface area contributed by atoms with Crippen LogP contribution in [-0.4, -0.2) is 47.1 Å². The average molecular weight is 285 g/mol. The van der Waals surface area contributed by atoms with E-state index in [1.54, 1.807) is 18.3 Å². The number of hydrogen-bond acceptors (Lipinski definition) is 4. The number of thioether (sulfide) groups is 1. The molecule has 0 saturated carbocycles. The molecule has 0 spiro atoms. The van der Waals surface area contributed by atoms with E-state index >= 15 is 0 Å². The van der Waals surface area contributed by atoms with Crippen molar-refractivity contribution in [3.63, 3.8) is 0 Å². The van der Waals surface area contributed by atoms with Crippen LogP contribution in [0.25, 0.3) is 0 Å². The highest BCUT2D eigenvalue weighted by Crippen LogP contribution is 2.25. The zero-order chi connectivity index (χ0) is 13.0.